The predicted octanol–water partition coefficient (Wildman–Crippen LogP) is 2.33. The molecule has 0 amide bonds. The van der Waals surface area contributed by atoms with Crippen molar-refractivity contribution in [3.63, 3.8) is 0 Å². The third kappa shape index (κ3) is 3.77. The summed E-state index contributed by atoms with van der Waals surface area (Å²) in [6, 6.07) is 11.2. The van der Waals surface area contributed by atoms with E-state index in [4.69, 9.17) is 15.6 Å². The van der Waals surface area contributed by atoms with Crippen LogP contribution in [-0.4, -0.2) is 24.2 Å². The van der Waals surface area contributed by atoms with Gasteiger partial charge in [-0.2, -0.15) is 10.5 Å². The molecule has 0 atom stereocenters. The molecule has 1 saturated heterocycles. The number of benzene rings is 1. The number of carbonyl (C=O) groups is 1. The number of hydrogen-bond acceptors (Lipinski definition) is 5. The fourth-order valence-corrected chi connectivity index (χ4v) is 2.40. The molecule has 2 N–H and O–H groups in total. The lowest BCUT2D eigenvalue weighted by Gasteiger charge is -2.32. The summed E-state index contributed by atoms with van der Waals surface area (Å²) in [5.74, 6) is -0.950. The van der Waals surface area contributed by atoms with Gasteiger partial charge in [0.15, 0.2) is 0 Å². The SMILES string of the molecule is N#CC(C#N)=CNc1ccc(N2CCC(C(=O)O)CC2)cc1. The smallest absolute Gasteiger partial charge is 0.306 e. The Morgan fingerprint density at radius 1 is 1.23 bits per heavy atom. The van der Waals surface area contributed by atoms with Gasteiger partial charge in [0.2, 0.25) is 0 Å². The van der Waals surface area contributed by atoms with Crippen LogP contribution in [0.5, 0.6) is 0 Å². The van der Waals surface area contributed by atoms with Gasteiger partial charge in [-0.25, -0.2) is 0 Å². The first kappa shape index (κ1) is 15.4. The van der Waals surface area contributed by atoms with E-state index in [2.05, 4.69) is 10.2 Å². The zero-order valence-electron chi connectivity index (χ0n) is 12.0. The highest BCUT2D eigenvalue weighted by molar-refractivity contribution is 5.70. The van der Waals surface area contributed by atoms with Crippen molar-refractivity contribution in [2.75, 3.05) is 23.3 Å². The molecule has 6 nitrogen and oxygen atoms in total. The quantitative estimate of drug-likeness (QED) is 0.827. The van der Waals surface area contributed by atoms with Crippen LogP contribution in [0.1, 0.15) is 12.8 Å². The third-order valence-electron chi connectivity index (χ3n) is 3.70. The Kier molecular flexibility index (Phi) is 5.00. The highest BCUT2D eigenvalue weighted by atomic mass is 16.4. The minimum absolute atomic E-state index is 0.0137. The molecule has 1 aromatic rings. The number of aliphatic carboxylic acids is 1. The topological polar surface area (TPSA) is 100 Å². The summed E-state index contributed by atoms with van der Waals surface area (Å²) in [5, 5.41) is 29.2. The minimum Gasteiger partial charge on any atom is -0.481 e. The highest BCUT2D eigenvalue weighted by Gasteiger charge is 2.24. The van der Waals surface area contributed by atoms with E-state index in [9.17, 15) is 4.79 Å². The van der Waals surface area contributed by atoms with Crippen LogP contribution < -0.4 is 10.2 Å². The molecule has 1 heterocycles. The summed E-state index contributed by atoms with van der Waals surface area (Å²) >= 11 is 0. The predicted molar refractivity (Wildman–Crippen MR) is 81.9 cm³/mol. The van der Waals surface area contributed by atoms with E-state index in [1.807, 2.05) is 24.3 Å². The summed E-state index contributed by atoms with van der Waals surface area (Å²) in [5.41, 5.74) is 1.84. The number of carboxylic acids is 1. The van der Waals surface area contributed by atoms with Crippen LogP contribution >= 0.6 is 0 Å². The monoisotopic (exact) mass is 296 g/mol. The van der Waals surface area contributed by atoms with E-state index in [-0.39, 0.29) is 11.5 Å². The van der Waals surface area contributed by atoms with Crippen LogP contribution in [-0.2, 0) is 4.79 Å². The van der Waals surface area contributed by atoms with Crippen molar-refractivity contribution in [1.82, 2.24) is 0 Å². The summed E-state index contributed by atoms with van der Waals surface area (Å²) in [7, 11) is 0. The van der Waals surface area contributed by atoms with Crippen molar-refractivity contribution in [3.8, 4) is 12.1 Å². The molecule has 1 aromatic carbocycles. The number of hydrogen-bond donors (Lipinski definition) is 2. The number of allylic oxidation sites excluding steroid dienone is 1. The molecule has 0 unspecified atom stereocenters. The summed E-state index contributed by atoms with van der Waals surface area (Å²) in [4.78, 5) is 13.1. The van der Waals surface area contributed by atoms with Crippen LogP contribution in [0, 0.1) is 28.6 Å². The number of nitrogens with zero attached hydrogens (tertiary/aromatic N) is 3. The van der Waals surface area contributed by atoms with Gasteiger partial charge in [0.05, 0.1) is 5.92 Å². The van der Waals surface area contributed by atoms with E-state index < -0.39 is 5.97 Å². The van der Waals surface area contributed by atoms with Gasteiger partial charge in [-0.05, 0) is 37.1 Å². The van der Waals surface area contributed by atoms with Crippen LogP contribution in [0.15, 0.2) is 36.0 Å². The number of piperidine rings is 1. The standard InChI is InChI=1S/C16H16N4O2/c17-9-12(10-18)11-19-14-1-3-15(4-2-14)20-7-5-13(6-8-20)16(21)22/h1-4,11,13,19H,5-8H2,(H,21,22). The molecule has 1 aliphatic rings. The molecule has 2 rings (SSSR count). The molecule has 1 fully saturated rings. The normalized spacial score (nSPS) is 14.5. The van der Waals surface area contributed by atoms with Gasteiger partial charge < -0.3 is 15.3 Å². The molecule has 6 heteroatoms. The van der Waals surface area contributed by atoms with E-state index in [0.29, 0.717) is 12.8 Å². The minimum atomic E-state index is -0.711. The van der Waals surface area contributed by atoms with Gasteiger partial charge in [-0.1, -0.05) is 0 Å². The first-order valence-corrected chi connectivity index (χ1v) is 6.98. The fourth-order valence-electron chi connectivity index (χ4n) is 2.40. The number of nitriles is 2. The second-order valence-corrected chi connectivity index (χ2v) is 5.07. The largest absolute Gasteiger partial charge is 0.481 e. The molecule has 22 heavy (non-hydrogen) atoms. The number of nitrogens with one attached hydrogen (secondary N) is 1. The van der Waals surface area contributed by atoms with Gasteiger partial charge in [-0.3, -0.25) is 4.79 Å². The Labute approximate surface area is 128 Å². The Balaban J connectivity index is 1.96. The molecule has 0 radical (unpaired) electrons. The number of carboxylic acid groups (broad SMARTS) is 1. The van der Waals surface area contributed by atoms with Crippen LogP contribution in [0.3, 0.4) is 0 Å². The van der Waals surface area contributed by atoms with Crippen LogP contribution in [0.25, 0.3) is 0 Å². The molecule has 0 aromatic heterocycles. The lowest BCUT2D eigenvalue weighted by Crippen LogP contribution is -2.36. The van der Waals surface area contributed by atoms with E-state index >= 15 is 0 Å². The van der Waals surface area contributed by atoms with Gasteiger partial charge >= 0.3 is 5.97 Å². The fraction of sp³-hybridized carbons (Fsp3) is 0.312. The maximum atomic E-state index is 10.9. The number of rotatable bonds is 4. The van der Waals surface area contributed by atoms with Crippen molar-refractivity contribution in [1.29, 1.82) is 10.5 Å². The second-order valence-electron chi connectivity index (χ2n) is 5.07. The zero-order valence-corrected chi connectivity index (χ0v) is 12.0. The van der Waals surface area contributed by atoms with Gasteiger partial charge in [0.1, 0.15) is 17.7 Å². The third-order valence-corrected chi connectivity index (χ3v) is 3.70. The van der Waals surface area contributed by atoms with Crippen molar-refractivity contribution >= 4 is 17.3 Å². The average molecular weight is 296 g/mol. The van der Waals surface area contributed by atoms with E-state index in [1.165, 1.54) is 6.20 Å². The lowest BCUT2D eigenvalue weighted by molar-refractivity contribution is -0.142. The summed E-state index contributed by atoms with van der Waals surface area (Å²) in [6.07, 6.45) is 2.69. The van der Waals surface area contributed by atoms with E-state index in [0.717, 1.165) is 24.5 Å². The van der Waals surface area contributed by atoms with E-state index in [1.54, 1.807) is 12.1 Å². The molecular formula is C16H16N4O2. The van der Waals surface area contributed by atoms with Gasteiger partial charge in [0.25, 0.3) is 0 Å². The second kappa shape index (κ2) is 7.14. The Morgan fingerprint density at radius 2 is 1.82 bits per heavy atom. The summed E-state index contributed by atoms with van der Waals surface area (Å²) in [6.45, 7) is 1.47. The Hall–Kier alpha value is -2.99. The van der Waals surface area contributed by atoms with Crippen LogP contribution in [0.2, 0.25) is 0 Å². The molecule has 1 aliphatic heterocycles. The molecule has 112 valence electrons. The van der Waals surface area contributed by atoms with Gasteiger partial charge in [0, 0.05) is 30.7 Å². The van der Waals surface area contributed by atoms with Crippen molar-refractivity contribution in [2.24, 2.45) is 5.92 Å². The summed E-state index contributed by atoms with van der Waals surface area (Å²) < 4.78 is 0. The first-order chi connectivity index (χ1) is 10.6. The molecule has 0 spiro atoms. The lowest BCUT2D eigenvalue weighted by atomic mass is 9.97. The Morgan fingerprint density at radius 3 is 2.32 bits per heavy atom. The van der Waals surface area contributed by atoms with Crippen molar-refractivity contribution in [2.45, 2.75) is 12.8 Å². The zero-order chi connectivity index (χ0) is 15.9. The average Bonchev–Trinajstić information content (AvgIpc) is 2.56. The van der Waals surface area contributed by atoms with Crippen molar-refractivity contribution in [3.05, 3.63) is 36.0 Å². The molecular weight excluding hydrogens is 280 g/mol. The maximum Gasteiger partial charge on any atom is 0.306 e. The molecule has 0 aliphatic carbocycles. The maximum absolute atomic E-state index is 10.9. The van der Waals surface area contributed by atoms with Gasteiger partial charge in [-0.15, -0.1) is 0 Å². The molecule has 0 bridgehead atoms. The number of anilines is 2. The first-order valence-electron chi connectivity index (χ1n) is 6.98. The van der Waals surface area contributed by atoms with Crippen LogP contribution in [0.4, 0.5) is 11.4 Å². The molecule has 0 saturated carbocycles. The van der Waals surface area contributed by atoms with Crippen molar-refractivity contribution < 1.29 is 9.90 Å². The Bertz CT molecular complexity index is 628. The highest BCUT2D eigenvalue weighted by Crippen LogP contribution is 2.24.